The van der Waals surface area contributed by atoms with Gasteiger partial charge in [-0.25, -0.2) is 0 Å². The Morgan fingerprint density at radius 1 is 0.955 bits per heavy atom. The summed E-state index contributed by atoms with van der Waals surface area (Å²) in [5.41, 5.74) is 0. The van der Waals surface area contributed by atoms with Gasteiger partial charge < -0.3 is 10.2 Å². The van der Waals surface area contributed by atoms with E-state index in [2.05, 4.69) is 10.2 Å². The van der Waals surface area contributed by atoms with Gasteiger partial charge in [-0.05, 0) is 51.4 Å². The molecule has 1 heterocycles. The first-order valence-electron chi connectivity index (χ1n) is 9.27. The van der Waals surface area contributed by atoms with Crippen molar-refractivity contribution >= 4 is 11.8 Å². The zero-order chi connectivity index (χ0) is 15.5. The summed E-state index contributed by atoms with van der Waals surface area (Å²) in [7, 11) is 0. The summed E-state index contributed by atoms with van der Waals surface area (Å²) in [6.45, 7) is 2.73. The Hall–Kier alpha value is -1.06. The molecule has 2 saturated carbocycles. The molecule has 0 spiro atoms. The first-order chi connectivity index (χ1) is 10.7. The van der Waals surface area contributed by atoms with E-state index in [1.807, 2.05) is 6.92 Å². The van der Waals surface area contributed by atoms with Crippen molar-refractivity contribution in [1.82, 2.24) is 10.2 Å². The Kier molecular flexibility index (Phi) is 5.04. The number of nitrogens with zero attached hydrogens (tertiary/aromatic N) is 1. The quantitative estimate of drug-likeness (QED) is 0.868. The fourth-order valence-corrected chi connectivity index (χ4v) is 4.39. The molecule has 2 amide bonds. The smallest absolute Gasteiger partial charge is 0.245 e. The van der Waals surface area contributed by atoms with Crippen LogP contribution in [0.3, 0.4) is 0 Å². The van der Waals surface area contributed by atoms with Crippen LogP contribution in [0, 0.1) is 11.8 Å². The summed E-state index contributed by atoms with van der Waals surface area (Å²) in [5.74, 6) is 1.07. The second kappa shape index (κ2) is 7.01. The summed E-state index contributed by atoms with van der Waals surface area (Å²) in [6, 6.07) is 0.0631. The normalized spacial score (nSPS) is 28.2. The van der Waals surface area contributed by atoms with Crippen LogP contribution < -0.4 is 5.32 Å². The zero-order valence-electron chi connectivity index (χ0n) is 13.9. The third-order valence-electron chi connectivity index (χ3n) is 5.98. The Balaban J connectivity index is 1.56. The number of nitrogens with one attached hydrogen (secondary N) is 1. The molecule has 0 unspecified atom stereocenters. The van der Waals surface area contributed by atoms with Crippen LogP contribution in [0.4, 0.5) is 0 Å². The summed E-state index contributed by atoms with van der Waals surface area (Å²) in [5, 5.41) is 2.95. The lowest BCUT2D eigenvalue weighted by atomic mass is 9.83. The lowest BCUT2D eigenvalue weighted by Gasteiger charge is -2.35. The summed E-state index contributed by atoms with van der Waals surface area (Å²) in [4.78, 5) is 26.9. The molecule has 3 aliphatic rings. The van der Waals surface area contributed by atoms with Gasteiger partial charge in [0.25, 0.3) is 0 Å². The van der Waals surface area contributed by atoms with Gasteiger partial charge in [-0.1, -0.05) is 25.7 Å². The van der Waals surface area contributed by atoms with E-state index in [0.717, 1.165) is 38.6 Å². The van der Waals surface area contributed by atoms with Crippen LogP contribution in [0.15, 0.2) is 0 Å². The molecule has 2 atom stereocenters. The third kappa shape index (κ3) is 3.31. The third-order valence-corrected chi connectivity index (χ3v) is 5.98. The van der Waals surface area contributed by atoms with Crippen molar-refractivity contribution in [2.45, 2.75) is 83.2 Å². The number of hydrogen-bond donors (Lipinski definition) is 1. The average Bonchev–Trinajstić information content (AvgIpc) is 2.94. The van der Waals surface area contributed by atoms with Crippen LogP contribution in [-0.2, 0) is 9.59 Å². The summed E-state index contributed by atoms with van der Waals surface area (Å²) >= 11 is 0. The number of hydrogen-bond acceptors (Lipinski definition) is 2. The molecular formula is C18H30N2O2. The van der Waals surface area contributed by atoms with Crippen molar-refractivity contribution in [3.8, 4) is 0 Å². The molecule has 0 aromatic carbocycles. The zero-order valence-corrected chi connectivity index (χ0v) is 13.9. The van der Waals surface area contributed by atoms with E-state index in [1.165, 1.54) is 32.1 Å². The predicted octanol–water partition coefficient (Wildman–Crippen LogP) is 2.86. The number of likely N-dealkylation sites (tertiary alicyclic amines) is 1. The Morgan fingerprint density at radius 2 is 1.68 bits per heavy atom. The monoisotopic (exact) mass is 306 g/mol. The maximum Gasteiger partial charge on any atom is 0.245 e. The van der Waals surface area contributed by atoms with Crippen molar-refractivity contribution in [2.75, 3.05) is 6.54 Å². The predicted molar refractivity (Wildman–Crippen MR) is 86.3 cm³/mol. The largest absolute Gasteiger partial charge is 0.344 e. The molecule has 1 aliphatic heterocycles. The summed E-state index contributed by atoms with van der Waals surface area (Å²) < 4.78 is 0. The number of rotatable bonds is 4. The highest BCUT2D eigenvalue weighted by atomic mass is 16.2. The molecule has 3 fully saturated rings. The number of amides is 2. The van der Waals surface area contributed by atoms with Gasteiger partial charge in [0.15, 0.2) is 0 Å². The molecule has 4 heteroatoms. The average molecular weight is 306 g/mol. The van der Waals surface area contributed by atoms with E-state index in [1.54, 1.807) is 0 Å². The molecule has 22 heavy (non-hydrogen) atoms. The van der Waals surface area contributed by atoms with Gasteiger partial charge in [0, 0.05) is 18.5 Å². The van der Waals surface area contributed by atoms with Gasteiger partial charge in [0.05, 0.1) is 0 Å². The molecule has 124 valence electrons. The molecule has 3 rings (SSSR count). The fourth-order valence-electron chi connectivity index (χ4n) is 4.39. The highest BCUT2D eigenvalue weighted by Gasteiger charge is 2.37. The maximum absolute atomic E-state index is 12.8. The van der Waals surface area contributed by atoms with Gasteiger partial charge in [0.2, 0.25) is 11.8 Å². The Morgan fingerprint density at radius 3 is 2.32 bits per heavy atom. The Labute approximate surface area is 134 Å². The first kappa shape index (κ1) is 15.8. The van der Waals surface area contributed by atoms with Crippen LogP contribution in [0.5, 0.6) is 0 Å². The molecule has 0 bridgehead atoms. The van der Waals surface area contributed by atoms with Crippen molar-refractivity contribution in [3.05, 3.63) is 0 Å². The molecule has 0 radical (unpaired) electrons. The van der Waals surface area contributed by atoms with Crippen LogP contribution >= 0.6 is 0 Å². The number of carbonyl (C=O) groups is 2. The Bertz CT molecular complexity index is 413. The highest BCUT2D eigenvalue weighted by Crippen LogP contribution is 2.34. The van der Waals surface area contributed by atoms with Gasteiger partial charge >= 0.3 is 0 Å². The molecular weight excluding hydrogens is 276 g/mol. The van der Waals surface area contributed by atoms with Gasteiger partial charge in [-0.15, -0.1) is 0 Å². The van der Waals surface area contributed by atoms with Crippen molar-refractivity contribution in [2.24, 2.45) is 11.8 Å². The second-order valence-corrected chi connectivity index (χ2v) is 7.50. The SMILES string of the molecule is C[C@H](NC(=O)C1CCC1)C(=O)N1CCC[C@H]1C1CCCCC1. The van der Waals surface area contributed by atoms with Crippen molar-refractivity contribution < 1.29 is 9.59 Å². The van der Waals surface area contributed by atoms with E-state index >= 15 is 0 Å². The highest BCUT2D eigenvalue weighted by molar-refractivity contribution is 5.88. The van der Waals surface area contributed by atoms with E-state index in [4.69, 9.17) is 0 Å². The van der Waals surface area contributed by atoms with Crippen LogP contribution in [0.25, 0.3) is 0 Å². The van der Waals surface area contributed by atoms with E-state index in [9.17, 15) is 9.59 Å². The maximum atomic E-state index is 12.8. The van der Waals surface area contributed by atoms with Gasteiger partial charge in [-0.3, -0.25) is 9.59 Å². The molecule has 1 N–H and O–H groups in total. The standard InChI is InChI=1S/C18H30N2O2/c1-13(19-17(21)15-9-5-10-15)18(22)20-12-6-11-16(20)14-7-3-2-4-8-14/h13-16H,2-12H2,1H3,(H,19,21)/t13-,16-/m0/s1. The molecule has 4 nitrogen and oxygen atoms in total. The van der Waals surface area contributed by atoms with Crippen molar-refractivity contribution in [1.29, 1.82) is 0 Å². The second-order valence-electron chi connectivity index (χ2n) is 7.50. The van der Waals surface area contributed by atoms with Crippen LogP contribution in [-0.4, -0.2) is 35.3 Å². The molecule has 2 aliphatic carbocycles. The lowest BCUT2D eigenvalue weighted by molar-refractivity contribution is -0.139. The summed E-state index contributed by atoms with van der Waals surface area (Å²) in [6.07, 6.45) is 11.9. The van der Waals surface area contributed by atoms with E-state index < -0.39 is 0 Å². The fraction of sp³-hybridized carbons (Fsp3) is 0.889. The minimum Gasteiger partial charge on any atom is -0.344 e. The topological polar surface area (TPSA) is 49.4 Å². The molecule has 0 aromatic heterocycles. The van der Waals surface area contributed by atoms with Gasteiger partial charge in [0.1, 0.15) is 6.04 Å². The minimum atomic E-state index is -0.364. The number of carbonyl (C=O) groups excluding carboxylic acids is 2. The lowest BCUT2D eigenvalue weighted by Crippen LogP contribution is -2.51. The van der Waals surface area contributed by atoms with Crippen molar-refractivity contribution in [3.63, 3.8) is 0 Å². The van der Waals surface area contributed by atoms with Crippen LogP contribution in [0.2, 0.25) is 0 Å². The van der Waals surface area contributed by atoms with Gasteiger partial charge in [-0.2, -0.15) is 0 Å². The molecule has 0 aromatic rings. The van der Waals surface area contributed by atoms with E-state index in [0.29, 0.717) is 12.0 Å². The molecule has 1 saturated heterocycles. The van der Waals surface area contributed by atoms with Crippen LogP contribution in [0.1, 0.15) is 71.1 Å². The van der Waals surface area contributed by atoms with E-state index in [-0.39, 0.29) is 23.8 Å². The first-order valence-corrected chi connectivity index (χ1v) is 9.27. The minimum absolute atomic E-state index is 0.0838.